The van der Waals surface area contributed by atoms with Crippen LogP contribution in [-0.2, 0) is 12.4 Å². The molecular formula is C24H22F7N3O2. The van der Waals surface area contributed by atoms with Gasteiger partial charge in [0.25, 0.3) is 5.91 Å². The molecule has 3 amide bonds. The van der Waals surface area contributed by atoms with E-state index in [4.69, 9.17) is 0 Å². The van der Waals surface area contributed by atoms with Crippen LogP contribution in [0, 0.1) is 11.2 Å². The van der Waals surface area contributed by atoms with Crippen LogP contribution < -0.4 is 5.32 Å². The number of hydrogen-bond donors (Lipinski definition) is 1. The Morgan fingerprint density at radius 1 is 0.833 bits per heavy atom. The van der Waals surface area contributed by atoms with Gasteiger partial charge < -0.3 is 15.1 Å². The number of nitrogens with one attached hydrogen (secondary N) is 1. The number of carbonyl (C=O) groups is 2. The van der Waals surface area contributed by atoms with Gasteiger partial charge >= 0.3 is 18.4 Å². The van der Waals surface area contributed by atoms with Crippen molar-refractivity contribution in [2.24, 2.45) is 5.41 Å². The van der Waals surface area contributed by atoms with E-state index >= 15 is 0 Å². The summed E-state index contributed by atoms with van der Waals surface area (Å²) < 4.78 is 92.7. The zero-order chi connectivity index (χ0) is 26.3. The molecule has 1 atom stereocenters. The van der Waals surface area contributed by atoms with Crippen molar-refractivity contribution in [2.45, 2.75) is 31.6 Å². The van der Waals surface area contributed by atoms with E-state index in [2.05, 4.69) is 5.32 Å². The lowest BCUT2D eigenvalue weighted by Crippen LogP contribution is -2.48. The molecule has 2 aliphatic rings. The third-order valence-electron chi connectivity index (χ3n) is 6.58. The second-order valence-corrected chi connectivity index (χ2v) is 9.24. The van der Waals surface area contributed by atoms with Gasteiger partial charge in [-0.3, -0.25) is 4.79 Å². The van der Waals surface area contributed by atoms with E-state index in [0.29, 0.717) is 37.9 Å². The van der Waals surface area contributed by atoms with E-state index in [9.17, 15) is 40.3 Å². The first-order valence-corrected chi connectivity index (χ1v) is 11.2. The molecule has 2 heterocycles. The van der Waals surface area contributed by atoms with Crippen molar-refractivity contribution in [1.29, 1.82) is 0 Å². The standard InChI is InChI=1S/C24H22F7N3O2/c25-18-3-1-4-19(12-18)32-21(36)34-8-6-22(14-34)5-2-7-33(13-22)20(35)15-9-16(23(26,27)28)11-17(10-15)24(29,30)31/h1,3-4,9-12H,2,5-8,13-14H2,(H,32,36)/t22-/m1/s1. The maximum absolute atomic E-state index is 13.4. The number of rotatable bonds is 2. The first-order chi connectivity index (χ1) is 16.8. The quantitative estimate of drug-likeness (QED) is 0.495. The Morgan fingerprint density at radius 2 is 1.47 bits per heavy atom. The molecule has 0 unspecified atom stereocenters. The van der Waals surface area contributed by atoms with Crippen LogP contribution in [0.3, 0.4) is 0 Å². The molecule has 4 rings (SSSR count). The lowest BCUT2D eigenvalue weighted by atomic mass is 9.79. The number of likely N-dealkylation sites (tertiary alicyclic amines) is 2. The van der Waals surface area contributed by atoms with Crippen LogP contribution in [-0.4, -0.2) is 47.9 Å². The van der Waals surface area contributed by atoms with E-state index in [1.165, 1.54) is 28.0 Å². The molecule has 0 aliphatic carbocycles. The molecule has 1 spiro atoms. The number of urea groups is 1. The second kappa shape index (κ2) is 9.29. The van der Waals surface area contributed by atoms with Crippen molar-refractivity contribution >= 4 is 17.6 Å². The van der Waals surface area contributed by atoms with Gasteiger partial charge in [0.05, 0.1) is 11.1 Å². The lowest BCUT2D eigenvalue weighted by Gasteiger charge is -2.40. The van der Waals surface area contributed by atoms with Crippen molar-refractivity contribution in [3.05, 3.63) is 65.0 Å². The van der Waals surface area contributed by atoms with Gasteiger partial charge in [-0.05, 0) is 55.7 Å². The topological polar surface area (TPSA) is 52.7 Å². The fourth-order valence-electron chi connectivity index (χ4n) is 4.85. The maximum Gasteiger partial charge on any atom is 0.416 e. The Morgan fingerprint density at radius 3 is 2.08 bits per heavy atom. The number of benzene rings is 2. The van der Waals surface area contributed by atoms with Gasteiger partial charge in [-0.1, -0.05) is 6.07 Å². The third-order valence-corrected chi connectivity index (χ3v) is 6.58. The van der Waals surface area contributed by atoms with Crippen LogP contribution in [0.15, 0.2) is 42.5 Å². The number of piperidine rings is 1. The number of carbonyl (C=O) groups excluding carboxylic acids is 2. The number of hydrogen-bond acceptors (Lipinski definition) is 2. The van der Waals surface area contributed by atoms with Gasteiger partial charge in [0.2, 0.25) is 0 Å². The summed E-state index contributed by atoms with van der Waals surface area (Å²) in [6, 6.07) is 5.76. The molecule has 0 bridgehead atoms. The van der Waals surface area contributed by atoms with Gasteiger partial charge in [-0.25, -0.2) is 9.18 Å². The highest BCUT2D eigenvalue weighted by molar-refractivity contribution is 5.95. The zero-order valence-corrected chi connectivity index (χ0v) is 18.8. The molecule has 5 nitrogen and oxygen atoms in total. The minimum atomic E-state index is -5.06. The molecule has 1 N–H and O–H groups in total. The molecular weight excluding hydrogens is 495 g/mol. The van der Waals surface area contributed by atoms with E-state index in [-0.39, 0.29) is 31.4 Å². The summed E-state index contributed by atoms with van der Waals surface area (Å²) in [6.07, 6.45) is -8.49. The fourth-order valence-corrected chi connectivity index (χ4v) is 4.85. The monoisotopic (exact) mass is 517 g/mol. The zero-order valence-electron chi connectivity index (χ0n) is 18.8. The van der Waals surface area contributed by atoms with E-state index in [1.807, 2.05) is 0 Å². The van der Waals surface area contributed by atoms with Gasteiger partial charge in [0.15, 0.2) is 0 Å². The van der Waals surface area contributed by atoms with E-state index in [1.54, 1.807) is 0 Å². The van der Waals surface area contributed by atoms with Crippen LogP contribution in [0.2, 0.25) is 0 Å². The summed E-state index contributed by atoms with van der Waals surface area (Å²) >= 11 is 0. The van der Waals surface area contributed by atoms with Crippen LogP contribution in [0.1, 0.15) is 40.7 Å². The van der Waals surface area contributed by atoms with Gasteiger partial charge in [-0.2, -0.15) is 26.3 Å². The smallest absolute Gasteiger partial charge is 0.338 e. The molecule has 0 radical (unpaired) electrons. The Labute approximate surface area is 201 Å². The Kier molecular flexibility index (Phi) is 6.65. The normalized spacial score (nSPS) is 20.6. The molecule has 36 heavy (non-hydrogen) atoms. The van der Waals surface area contributed by atoms with Gasteiger partial charge in [-0.15, -0.1) is 0 Å². The van der Waals surface area contributed by atoms with Crippen LogP contribution in [0.4, 0.5) is 41.2 Å². The molecule has 2 aromatic carbocycles. The summed E-state index contributed by atoms with van der Waals surface area (Å²) in [5.41, 5.74) is -4.05. The molecule has 194 valence electrons. The highest BCUT2D eigenvalue weighted by Gasteiger charge is 2.44. The largest absolute Gasteiger partial charge is 0.416 e. The second-order valence-electron chi connectivity index (χ2n) is 9.24. The minimum Gasteiger partial charge on any atom is -0.338 e. The average molecular weight is 517 g/mol. The van der Waals surface area contributed by atoms with Crippen LogP contribution >= 0.6 is 0 Å². The molecule has 2 aromatic rings. The molecule has 12 heteroatoms. The summed E-state index contributed by atoms with van der Waals surface area (Å²) in [4.78, 5) is 28.5. The Hall–Kier alpha value is -3.31. The van der Waals surface area contributed by atoms with Crippen LogP contribution in [0.5, 0.6) is 0 Å². The molecule has 2 fully saturated rings. The Bertz CT molecular complexity index is 1130. The summed E-state index contributed by atoms with van der Waals surface area (Å²) in [5.74, 6) is -1.44. The summed E-state index contributed by atoms with van der Waals surface area (Å²) in [6.45, 7) is 0.847. The number of alkyl halides is 6. The van der Waals surface area contributed by atoms with E-state index in [0.717, 1.165) is 6.07 Å². The van der Waals surface area contributed by atoms with E-state index < -0.39 is 52.2 Å². The Balaban J connectivity index is 1.50. The number of anilines is 1. The first-order valence-electron chi connectivity index (χ1n) is 11.2. The van der Waals surface area contributed by atoms with Gasteiger partial charge in [0.1, 0.15) is 5.82 Å². The fraction of sp³-hybridized carbons (Fsp3) is 0.417. The highest BCUT2D eigenvalue weighted by Crippen LogP contribution is 2.41. The SMILES string of the molecule is O=C(Nc1cccc(F)c1)N1CC[C@@]2(CCCN(C(=O)c3cc(C(F)(F)F)cc(C(F)(F)F)c3)C2)C1. The number of nitrogens with zero attached hydrogens (tertiary/aromatic N) is 2. The lowest BCUT2D eigenvalue weighted by molar-refractivity contribution is -0.143. The molecule has 2 saturated heterocycles. The number of halogens is 7. The van der Waals surface area contributed by atoms with Crippen molar-refractivity contribution < 1.29 is 40.3 Å². The average Bonchev–Trinajstić information content (AvgIpc) is 3.20. The predicted molar refractivity (Wildman–Crippen MR) is 116 cm³/mol. The van der Waals surface area contributed by atoms with Gasteiger partial charge in [0, 0.05) is 42.8 Å². The number of amides is 3. The molecule has 2 aliphatic heterocycles. The first kappa shape index (κ1) is 25.8. The third kappa shape index (κ3) is 5.57. The minimum absolute atomic E-state index is 0.0134. The van der Waals surface area contributed by atoms with Crippen molar-refractivity contribution in [1.82, 2.24) is 9.80 Å². The molecule has 0 aromatic heterocycles. The van der Waals surface area contributed by atoms with Crippen molar-refractivity contribution in [3.63, 3.8) is 0 Å². The predicted octanol–water partition coefficient (Wildman–Crippen LogP) is 6.02. The van der Waals surface area contributed by atoms with Crippen LogP contribution in [0.25, 0.3) is 0 Å². The summed E-state index contributed by atoms with van der Waals surface area (Å²) in [7, 11) is 0. The summed E-state index contributed by atoms with van der Waals surface area (Å²) in [5, 5.41) is 2.60. The van der Waals surface area contributed by atoms with Crippen molar-refractivity contribution in [2.75, 3.05) is 31.5 Å². The van der Waals surface area contributed by atoms with Crippen molar-refractivity contribution in [3.8, 4) is 0 Å². The highest BCUT2D eigenvalue weighted by atomic mass is 19.4. The maximum atomic E-state index is 13.4. The molecule has 0 saturated carbocycles.